The molecule has 2 aromatic rings. The molecule has 2 rings (SSSR count). The molecule has 0 saturated carbocycles. The van der Waals surface area contributed by atoms with E-state index in [9.17, 15) is 0 Å². The lowest BCUT2D eigenvalue weighted by Gasteiger charge is -1.89. The summed E-state index contributed by atoms with van der Waals surface area (Å²) in [5, 5.41) is 1.81. The summed E-state index contributed by atoms with van der Waals surface area (Å²) < 4.78 is 0. The first-order valence-corrected chi connectivity index (χ1v) is 2.99. The van der Waals surface area contributed by atoms with E-state index in [0.29, 0.717) is 0 Å². The summed E-state index contributed by atoms with van der Waals surface area (Å²) in [4.78, 5) is 0. The van der Waals surface area contributed by atoms with Gasteiger partial charge >= 0.3 is 0 Å². The Hall–Kier alpha value is -1.30. The molecule has 5 radical (unpaired) electrons. The molecule has 2 aromatic carbocycles. The molecule has 0 N–H and O–H groups in total. The van der Waals surface area contributed by atoms with Crippen molar-refractivity contribution < 1.29 is 0 Å². The molecule has 0 fully saturated rings. The lowest BCUT2D eigenvalue weighted by Crippen LogP contribution is -1.70. The fraction of sp³-hybridized carbons (Fsp3) is 0. The van der Waals surface area contributed by atoms with Crippen molar-refractivity contribution in [3.05, 3.63) is 48.5 Å². The number of hydrogen-bond donors (Lipinski definition) is 0. The third-order valence-corrected chi connectivity index (χ3v) is 1.27. The van der Waals surface area contributed by atoms with Gasteiger partial charge in [0.15, 0.2) is 0 Å². The highest BCUT2D eigenvalue weighted by Crippen LogP contribution is 2.08. The molecule has 0 heterocycles. The van der Waals surface area contributed by atoms with E-state index in [1.807, 2.05) is 6.07 Å². The third kappa shape index (κ3) is 0.781. The van der Waals surface area contributed by atoms with Crippen LogP contribution in [0.3, 0.4) is 0 Å². The maximum Gasteiger partial charge on any atom is -0.000695 e. The van der Waals surface area contributed by atoms with Crippen LogP contribution in [0.15, 0.2) is 18.2 Å². The number of benzene rings is 2. The fourth-order valence-corrected chi connectivity index (χ4v) is 0.823. The molecule has 10 heavy (non-hydrogen) atoms. The molecule has 0 nitrogen and oxygen atoms in total. The van der Waals surface area contributed by atoms with Crippen molar-refractivity contribution in [2.45, 2.75) is 0 Å². The molecule has 0 heteroatoms. The first kappa shape index (κ1) is 5.48. The Bertz CT molecular complexity index is 271. The molecule has 43 valence electrons. The van der Waals surface area contributed by atoms with Gasteiger partial charge < -0.3 is 0 Å². The minimum Gasteiger partial charge on any atom is -0.0531 e. The van der Waals surface area contributed by atoms with Crippen LogP contribution in [-0.2, 0) is 0 Å². The minimum atomic E-state index is 0.894. The zero-order valence-corrected chi connectivity index (χ0v) is 5.23. The SMILES string of the molecule is [c]1[c]c2[c]cc[c]c2[c]c1. The second-order valence-corrected chi connectivity index (χ2v) is 1.93. The zero-order valence-electron chi connectivity index (χ0n) is 5.23. The Morgan fingerprint density at radius 1 is 0.900 bits per heavy atom. The highest BCUT2D eigenvalue weighted by atomic mass is 13.9. The van der Waals surface area contributed by atoms with E-state index in [0.717, 1.165) is 10.8 Å². The number of hydrogen-bond acceptors (Lipinski definition) is 0. The van der Waals surface area contributed by atoms with E-state index >= 15 is 0 Å². The standard InChI is InChI=1S/C10H3/c1-2-6-10-8-4-3-7-9(10)5-1/h1-3H. The topological polar surface area (TPSA) is 0 Å². The average Bonchev–Trinajstić information content (AvgIpc) is 2.05. The summed E-state index contributed by atoms with van der Waals surface area (Å²) in [5.74, 6) is 0. The van der Waals surface area contributed by atoms with E-state index in [-0.39, 0.29) is 0 Å². The molecule has 0 atom stereocenters. The molecule has 0 spiro atoms. The number of rotatable bonds is 0. The molecule has 0 unspecified atom stereocenters. The Kier molecular flexibility index (Phi) is 1.17. The highest BCUT2D eigenvalue weighted by molar-refractivity contribution is 5.79. The van der Waals surface area contributed by atoms with Gasteiger partial charge in [-0.2, -0.15) is 0 Å². The van der Waals surface area contributed by atoms with E-state index in [1.165, 1.54) is 0 Å². The van der Waals surface area contributed by atoms with Crippen LogP contribution in [0.1, 0.15) is 0 Å². The molecule has 0 aromatic heterocycles. The van der Waals surface area contributed by atoms with Crippen LogP contribution in [0.5, 0.6) is 0 Å². The van der Waals surface area contributed by atoms with Crippen molar-refractivity contribution in [1.82, 2.24) is 0 Å². The smallest absolute Gasteiger partial charge is 0.000695 e. The summed E-state index contributed by atoms with van der Waals surface area (Å²) >= 11 is 0. The van der Waals surface area contributed by atoms with Gasteiger partial charge in [-0.3, -0.25) is 0 Å². The van der Waals surface area contributed by atoms with Crippen molar-refractivity contribution >= 4 is 10.8 Å². The van der Waals surface area contributed by atoms with Crippen LogP contribution in [0.25, 0.3) is 10.8 Å². The average molecular weight is 123 g/mol. The fourth-order valence-electron chi connectivity index (χ4n) is 0.823. The van der Waals surface area contributed by atoms with Gasteiger partial charge in [0.2, 0.25) is 0 Å². The molecule has 0 aliphatic rings. The monoisotopic (exact) mass is 123 g/mol. The van der Waals surface area contributed by atoms with Crippen molar-refractivity contribution in [2.24, 2.45) is 0 Å². The second kappa shape index (κ2) is 2.14. The van der Waals surface area contributed by atoms with Gasteiger partial charge in [-0.1, -0.05) is 12.1 Å². The van der Waals surface area contributed by atoms with E-state index in [1.54, 1.807) is 12.1 Å². The van der Waals surface area contributed by atoms with Gasteiger partial charge in [0.05, 0.1) is 0 Å². The van der Waals surface area contributed by atoms with Crippen molar-refractivity contribution in [3.8, 4) is 0 Å². The molecule has 0 amide bonds. The molecular formula is C10H3. The summed E-state index contributed by atoms with van der Waals surface area (Å²) in [6.07, 6.45) is 0. The van der Waals surface area contributed by atoms with Crippen LogP contribution < -0.4 is 0 Å². The van der Waals surface area contributed by atoms with Crippen LogP contribution in [-0.4, -0.2) is 0 Å². The first-order valence-electron chi connectivity index (χ1n) is 2.99. The van der Waals surface area contributed by atoms with Gasteiger partial charge in [-0.25, -0.2) is 0 Å². The summed E-state index contributed by atoms with van der Waals surface area (Å²) in [7, 11) is 0. The van der Waals surface area contributed by atoms with E-state index < -0.39 is 0 Å². The van der Waals surface area contributed by atoms with Gasteiger partial charge in [0.1, 0.15) is 0 Å². The molecule has 0 aliphatic carbocycles. The zero-order chi connectivity index (χ0) is 6.81. The maximum atomic E-state index is 3.01. The van der Waals surface area contributed by atoms with Crippen LogP contribution in [0, 0.1) is 30.3 Å². The Morgan fingerprint density at radius 2 is 1.70 bits per heavy atom. The van der Waals surface area contributed by atoms with E-state index in [4.69, 9.17) is 0 Å². The van der Waals surface area contributed by atoms with Crippen LogP contribution >= 0.6 is 0 Å². The lowest BCUT2D eigenvalue weighted by atomic mass is 10.1. The van der Waals surface area contributed by atoms with Gasteiger partial charge in [-0.15, -0.1) is 0 Å². The predicted octanol–water partition coefficient (Wildman–Crippen LogP) is 1.84. The first-order chi connectivity index (χ1) is 4.97. The van der Waals surface area contributed by atoms with Gasteiger partial charge in [-0.05, 0) is 47.2 Å². The van der Waals surface area contributed by atoms with Gasteiger partial charge in [0.25, 0.3) is 0 Å². The Balaban J connectivity index is 2.89. The highest BCUT2D eigenvalue weighted by Gasteiger charge is 1.87. The molecular weight excluding hydrogens is 120 g/mol. The molecule has 0 aliphatic heterocycles. The Morgan fingerprint density at radius 3 is 2.50 bits per heavy atom. The Labute approximate surface area is 60.1 Å². The summed E-state index contributed by atoms with van der Waals surface area (Å²) in [6.45, 7) is 0. The molecule has 0 saturated heterocycles. The quantitative estimate of drug-likeness (QED) is 0.501. The predicted molar refractivity (Wildman–Crippen MR) is 38.1 cm³/mol. The normalized spacial score (nSPS) is 10.0. The van der Waals surface area contributed by atoms with Crippen molar-refractivity contribution in [3.63, 3.8) is 0 Å². The van der Waals surface area contributed by atoms with Crippen molar-refractivity contribution in [2.75, 3.05) is 0 Å². The molecule has 0 bridgehead atoms. The second-order valence-electron chi connectivity index (χ2n) is 1.93. The lowest BCUT2D eigenvalue weighted by molar-refractivity contribution is 1.69. The van der Waals surface area contributed by atoms with E-state index in [2.05, 4.69) is 30.3 Å². The van der Waals surface area contributed by atoms with Gasteiger partial charge in [0, 0.05) is 0 Å². The maximum absolute atomic E-state index is 3.01. The third-order valence-electron chi connectivity index (χ3n) is 1.27. The summed E-state index contributed by atoms with van der Waals surface area (Å²) in [5.41, 5.74) is 0. The van der Waals surface area contributed by atoms with Crippen molar-refractivity contribution in [1.29, 1.82) is 0 Å². The summed E-state index contributed by atoms with van der Waals surface area (Å²) in [6, 6.07) is 20.0. The van der Waals surface area contributed by atoms with Crippen LogP contribution in [0.4, 0.5) is 0 Å². The minimum absolute atomic E-state index is 0.894. The van der Waals surface area contributed by atoms with Crippen LogP contribution in [0.2, 0.25) is 0 Å². The largest absolute Gasteiger partial charge is 0.0531 e. The number of fused-ring (bicyclic) bond motifs is 1.